The minimum atomic E-state index is -0.0787. The number of piperidine rings is 1. The van der Waals surface area contributed by atoms with E-state index in [-0.39, 0.29) is 11.2 Å². The fourth-order valence-electron chi connectivity index (χ4n) is 6.52. The molecule has 1 aliphatic heterocycles. The molecule has 6 nitrogen and oxygen atoms in total. The van der Waals surface area contributed by atoms with Crippen LogP contribution in [0.5, 0.6) is 0 Å². The van der Waals surface area contributed by atoms with Crippen LogP contribution in [0.15, 0.2) is 67.1 Å². The van der Waals surface area contributed by atoms with Crippen molar-refractivity contribution in [1.29, 1.82) is 0 Å². The number of pyridine rings is 1. The summed E-state index contributed by atoms with van der Waals surface area (Å²) in [6.45, 7) is 3.95. The molecule has 0 amide bonds. The maximum absolute atomic E-state index is 14.7. The van der Waals surface area contributed by atoms with Gasteiger partial charge in [0.15, 0.2) is 0 Å². The maximum atomic E-state index is 14.7. The third kappa shape index (κ3) is 3.00. The van der Waals surface area contributed by atoms with Crippen LogP contribution < -0.4 is 4.90 Å². The fraction of sp³-hybridized carbons (Fsp3) is 0.286. The lowest BCUT2D eigenvalue weighted by atomic mass is 9.88. The molecule has 7 heteroatoms. The number of anilines is 1. The van der Waals surface area contributed by atoms with Crippen molar-refractivity contribution >= 4 is 27.8 Å². The molecule has 1 saturated heterocycles. The van der Waals surface area contributed by atoms with E-state index < -0.39 is 0 Å². The van der Waals surface area contributed by atoms with Crippen LogP contribution in [0.2, 0.25) is 0 Å². The summed E-state index contributed by atoms with van der Waals surface area (Å²) in [4.78, 5) is 16.1. The molecule has 7 rings (SSSR count). The van der Waals surface area contributed by atoms with Crippen molar-refractivity contribution < 1.29 is 4.39 Å². The quantitative estimate of drug-likeness (QED) is 0.380. The van der Waals surface area contributed by atoms with Crippen molar-refractivity contribution in [3.8, 4) is 11.3 Å². The summed E-state index contributed by atoms with van der Waals surface area (Å²) < 4.78 is 14.7. The molecule has 3 atom stereocenters. The van der Waals surface area contributed by atoms with Gasteiger partial charge in [0.1, 0.15) is 17.2 Å². The van der Waals surface area contributed by atoms with E-state index >= 15 is 0 Å². The monoisotopic (exact) mass is 464 g/mol. The van der Waals surface area contributed by atoms with Gasteiger partial charge in [-0.15, -0.1) is 0 Å². The summed E-state index contributed by atoms with van der Waals surface area (Å²) in [5, 5.41) is 9.82. The first-order valence-corrected chi connectivity index (χ1v) is 12.2. The SMILES string of the molecule is CC[C@]1(c2ccccc2F)[C@@H]2CCN(c3cnc4c(-c5ccc6ccncc6c5)[nH]nc4n3)C[C@@H]21. The second kappa shape index (κ2) is 7.57. The molecule has 2 aromatic carbocycles. The maximum Gasteiger partial charge on any atom is 0.202 e. The molecular weight excluding hydrogens is 439 g/mol. The summed E-state index contributed by atoms with van der Waals surface area (Å²) in [5.41, 5.74) is 4.04. The van der Waals surface area contributed by atoms with Gasteiger partial charge in [0.25, 0.3) is 0 Å². The van der Waals surface area contributed by atoms with Gasteiger partial charge in [-0.25, -0.2) is 14.4 Å². The summed E-state index contributed by atoms with van der Waals surface area (Å²) in [6, 6.07) is 15.5. The van der Waals surface area contributed by atoms with E-state index in [9.17, 15) is 4.39 Å². The summed E-state index contributed by atoms with van der Waals surface area (Å²) >= 11 is 0. The van der Waals surface area contributed by atoms with Crippen LogP contribution >= 0.6 is 0 Å². The molecule has 1 aliphatic carbocycles. The Morgan fingerprint density at radius 1 is 1.09 bits per heavy atom. The van der Waals surface area contributed by atoms with E-state index in [4.69, 9.17) is 9.97 Å². The Balaban J connectivity index is 1.18. The van der Waals surface area contributed by atoms with Gasteiger partial charge in [0.2, 0.25) is 5.65 Å². The number of aromatic nitrogens is 5. The van der Waals surface area contributed by atoms with E-state index in [2.05, 4.69) is 45.2 Å². The number of H-pyrrole nitrogens is 1. The highest BCUT2D eigenvalue weighted by molar-refractivity contribution is 5.92. The predicted octanol–water partition coefficient (Wildman–Crippen LogP) is 5.51. The van der Waals surface area contributed by atoms with E-state index in [0.717, 1.165) is 64.9 Å². The number of halogens is 1. The lowest BCUT2D eigenvalue weighted by molar-refractivity contribution is 0.516. The number of aromatic amines is 1. The Hall–Kier alpha value is -3.87. The van der Waals surface area contributed by atoms with Gasteiger partial charge in [-0.05, 0) is 53.8 Å². The Morgan fingerprint density at radius 2 is 2.00 bits per heavy atom. The number of fused-ring (bicyclic) bond motifs is 3. The van der Waals surface area contributed by atoms with Crippen molar-refractivity contribution in [1.82, 2.24) is 25.1 Å². The van der Waals surface area contributed by atoms with Gasteiger partial charge in [-0.1, -0.05) is 37.3 Å². The van der Waals surface area contributed by atoms with Crippen LogP contribution in [0.25, 0.3) is 33.2 Å². The van der Waals surface area contributed by atoms with Crippen LogP contribution in [-0.4, -0.2) is 38.2 Å². The first kappa shape index (κ1) is 20.5. The zero-order valence-corrected chi connectivity index (χ0v) is 19.4. The molecule has 174 valence electrons. The van der Waals surface area contributed by atoms with Gasteiger partial charge < -0.3 is 4.90 Å². The lowest BCUT2D eigenvalue weighted by Crippen LogP contribution is -2.32. The highest BCUT2D eigenvalue weighted by Crippen LogP contribution is 2.65. The van der Waals surface area contributed by atoms with E-state index in [1.54, 1.807) is 18.3 Å². The molecule has 1 saturated carbocycles. The number of hydrogen-bond acceptors (Lipinski definition) is 5. The van der Waals surface area contributed by atoms with Gasteiger partial charge in [0.05, 0.1) is 11.9 Å². The summed E-state index contributed by atoms with van der Waals surface area (Å²) in [5.74, 6) is 1.71. The molecule has 1 N–H and O–H groups in total. The van der Waals surface area contributed by atoms with Crippen LogP contribution in [-0.2, 0) is 5.41 Å². The van der Waals surface area contributed by atoms with Gasteiger partial charge in [-0.2, -0.15) is 5.10 Å². The van der Waals surface area contributed by atoms with Crippen molar-refractivity contribution in [2.24, 2.45) is 11.8 Å². The zero-order chi connectivity index (χ0) is 23.6. The molecule has 35 heavy (non-hydrogen) atoms. The highest BCUT2D eigenvalue weighted by Gasteiger charge is 2.65. The number of benzene rings is 2. The average molecular weight is 465 g/mol. The van der Waals surface area contributed by atoms with Crippen molar-refractivity contribution in [3.63, 3.8) is 0 Å². The van der Waals surface area contributed by atoms with Gasteiger partial charge in [-0.3, -0.25) is 10.1 Å². The first-order chi connectivity index (χ1) is 17.2. The number of hydrogen-bond donors (Lipinski definition) is 1. The standard InChI is InChI=1S/C28H25FN6/c1-2-28(21-5-3-4-6-23(21)29)20-10-12-35(16-22(20)28)24-15-31-26-25(33-34-27(26)32-24)18-8-7-17-9-11-30-14-19(17)13-18/h3-9,11,13-15,20,22H,2,10,12,16H2,1H3,(H,32,33,34)/t20-,22+,28-/m1/s1. The summed E-state index contributed by atoms with van der Waals surface area (Å²) in [6.07, 6.45) is 7.49. The minimum absolute atomic E-state index is 0.0674. The second-order valence-corrected chi connectivity index (χ2v) is 9.76. The molecule has 3 aromatic heterocycles. The Morgan fingerprint density at radius 3 is 2.89 bits per heavy atom. The molecule has 0 radical (unpaired) electrons. The molecule has 2 fully saturated rings. The first-order valence-electron chi connectivity index (χ1n) is 12.2. The minimum Gasteiger partial charge on any atom is -0.355 e. The van der Waals surface area contributed by atoms with Gasteiger partial charge >= 0.3 is 0 Å². The predicted molar refractivity (Wildman–Crippen MR) is 135 cm³/mol. The van der Waals surface area contributed by atoms with E-state index in [0.29, 0.717) is 17.5 Å². The van der Waals surface area contributed by atoms with Crippen LogP contribution in [0.3, 0.4) is 0 Å². The van der Waals surface area contributed by atoms with Crippen LogP contribution in [0.4, 0.5) is 10.2 Å². The number of nitrogens with zero attached hydrogens (tertiary/aromatic N) is 5. The smallest absolute Gasteiger partial charge is 0.202 e. The van der Waals surface area contributed by atoms with Crippen molar-refractivity contribution in [2.45, 2.75) is 25.2 Å². The number of rotatable bonds is 4. The Bertz CT molecular complexity index is 1580. The average Bonchev–Trinajstić information content (AvgIpc) is 3.36. The molecule has 2 aliphatic rings. The molecule has 0 bridgehead atoms. The molecular formula is C28H25FN6. The summed E-state index contributed by atoms with van der Waals surface area (Å²) in [7, 11) is 0. The number of nitrogens with one attached hydrogen (secondary N) is 1. The Kier molecular flexibility index (Phi) is 4.43. The zero-order valence-electron chi connectivity index (χ0n) is 19.4. The van der Waals surface area contributed by atoms with Crippen LogP contribution in [0.1, 0.15) is 25.3 Å². The van der Waals surface area contributed by atoms with Gasteiger partial charge in [0, 0.05) is 41.8 Å². The van der Waals surface area contributed by atoms with Crippen molar-refractivity contribution in [3.05, 3.63) is 78.5 Å². The second-order valence-electron chi connectivity index (χ2n) is 9.76. The Labute approximate surface area is 202 Å². The molecule has 5 aromatic rings. The van der Waals surface area contributed by atoms with E-state index in [1.807, 2.05) is 30.6 Å². The molecule has 0 spiro atoms. The van der Waals surface area contributed by atoms with Crippen LogP contribution in [0, 0.1) is 17.7 Å². The van der Waals surface area contributed by atoms with Crippen molar-refractivity contribution in [2.75, 3.05) is 18.0 Å². The third-order valence-corrected chi connectivity index (χ3v) is 8.29. The lowest BCUT2D eigenvalue weighted by Gasteiger charge is -2.26. The largest absolute Gasteiger partial charge is 0.355 e. The normalized spacial score (nSPS) is 23.5. The van der Waals surface area contributed by atoms with E-state index in [1.165, 1.54) is 0 Å². The fourth-order valence-corrected chi connectivity index (χ4v) is 6.52. The topological polar surface area (TPSA) is 70.6 Å². The molecule has 0 unspecified atom stereocenters. The third-order valence-electron chi connectivity index (χ3n) is 8.29. The molecule has 4 heterocycles. The highest BCUT2D eigenvalue weighted by atomic mass is 19.1.